The van der Waals surface area contributed by atoms with Crippen LogP contribution in [0.2, 0.25) is 0 Å². The predicted molar refractivity (Wildman–Crippen MR) is 53.3 cm³/mol. The minimum absolute atomic E-state index is 0.0207. The predicted octanol–water partition coefficient (Wildman–Crippen LogP) is 1.97. The molecule has 13 heavy (non-hydrogen) atoms. The van der Waals surface area contributed by atoms with E-state index in [1.807, 2.05) is 24.3 Å². The van der Waals surface area contributed by atoms with Crippen molar-refractivity contribution in [3.8, 4) is 0 Å². The Morgan fingerprint density at radius 1 is 1.46 bits per heavy atom. The van der Waals surface area contributed by atoms with E-state index in [4.69, 9.17) is 5.73 Å². The molecule has 0 aliphatic heterocycles. The highest BCUT2D eigenvalue weighted by Crippen LogP contribution is 2.15. The summed E-state index contributed by atoms with van der Waals surface area (Å²) in [6.45, 7) is 2.05. The molecule has 1 heterocycles. The number of aromatic nitrogens is 2. The molecule has 2 rings (SSSR count). The second kappa shape index (κ2) is 3.18. The Morgan fingerprint density at radius 2 is 2.23 bits per heavy atom. The first-order chi connectivity index (χ1) is 6.31. The third kappa shape index (κ3) is 1.42. The zero-order valence-electron chi connectivity index (χ0n) is 7.62. The number of rotatable bonds is 2. The van der Waals surface area contributed by atoms with Crippen LogP contribution in [0.5, 0.6) is 0 Å². The second-order valence-electron chi connectivity index (χ2n) is 3.15. The molecule has 0 aliphatic rings. The summed E-state index contributed by atoms with van der Waals surface area (Å²) in [5, 5.41) is 0. The van der Waals surface area contributed by atoms with Crippen LogP contribution < -0.4 is 5.73 Å². The molecule has 0 radical (unpaired) electrons. The number of nitrogens with one attached hydrogen (secondary N) is 1. The molecule has 68 valence electrons. The molecule has 0 fully saturated rings. The second-order valence-corrected chi connectivity index (χ2v) is 3.15. The first kappa shape index (κ1) is 8.26. The summed E-state index contributed by atoms with van der Waals surface area (Å²) in [5.74, 6) is 0.878. The molecule has 2 aromatic rings. The summed E-state index contributed by atoms with van der Waals surface area (Å²) >= 11 is 0. The van der Waals surface area contributed by atoms with Gasteiger partial charge in [0, 0.05) is 0 Å². The molecule has 0 unspecified atom stereocenters. The zero-order valence-corrected chi connectivity index (χ0v) is 7.62. The topological polar surface area (TPSA) is 54.7 Å². The minimum Gasteiger partial charge on any atom is -0.341 e. The summed E-state index contributed by atoms with van der Waals surface area (Å²) in [7, 11) is 0. The average molecular weight is 175 g/mol. The fraction of sp³-hybridized carbons (Fsp3) is 0.300. The summed E-state index contributed by atoms with van der Waals surface area (Å²) in [6.07, 6.45) is 0.903. The molecule has 3 N–H and O–H groups in total. The van der Waals surface area contributed by atoms with Crippen molar-refractivity contribution >= 4 is 11.0 Å². The van der Waals surface area contributed by atoms with Crippen molar-refractivity contribution in [2.45, 2.75) is 19.4 Å². The van der Waals surface area contributed by atoms with Gasteiger partial charge in [0.15, 0.2) is 0 Å². The zero-order chi connectivity index (χ0) is 9.26. The van der Waals surface area contributed by atoms with E-state index in [0.29, 0.717) is 0 Å². The molecule has 3 heteroatoms. The van der Waals surface area contributed by atoms with Crippen molar-refractivity contribution in [3.05, 3.63) is 30.1 Å². The molecule has 0 saturated heterocycles. The Hall–Kier alpha value is -1.35. The van der Waals surface area contributed by atoms with Crippen molar-refractivity contribution in [2.75, 3.05) is 0 Å². The highest BCUT2D eigenvalue weighted by molar-refractivity contribution is 5.74. The van der Waals surface area contributed by atoms with Crippen LogP contribution in [0, 0.1) is 0 Å². The smallest absolute Gasteiger partial charge is 0.124 e. The molecule has 0 spiro atoms. The lowest BCUT2D eigenvalue weighted by Gasteiger charge is -2.02. The Balaban J connectivity index is 2.49. The molecule has 3 nitrogen and oxygen atoms in total. The third-order valence-corrected chi connectivity index (χ3v) is 2.20. The van der Waals surface area contributed by atoms with E-state index < -0.39 is 0 Å². The fourth-order valence-corrected chi connectivity index (χ4v) is 1.34. The first-order valence-corrected chi connectivity index (χ1v) is 4.51. The minimum atomic E-state index is 0.0207. The van der Waals surface area contributed by atoms with Gasteiger partial charge in [-0.25, -0.2) is 4.98 Å². The Labute approximate surface area is 77.0 Å². The Kier molecular flexibility index (Phi) is 2.02. The third-order valence-electron chi connectivity index (χ3n) is 2.20. The molecule has 0 bridgehead atoms. The molecular formula is C10H13N3. The van der Waals surface area contributed by atoms with Gasteiger partial charge in [-0.1, -0.05) is 19.1 Å². The van der Waals surface area contributed by atoms with E-state index in [0.717, 1.165) is 23.3 Å². The van der Waals surface area contributed by atoms with Crippen molar-refractivity contribution in [1.29, 1.82) is 0 Å². The highest BCUT2D eigenvalue weighted by Gasteiger charge is 2.07. The van der Waals surface area contributed by atoms with Gasteiger partial charge in [0.05, 0.1) is 17.1 Å². The fourth-order valence-electron chi connectivity index (χ4n) is 1.34. The SMILES string of the molecule is CC[C@@H](N)c1nc2ccccc2[nH]1. The van der Waals surface area contributed by atoms with E-state index in [9.17, 15) is 0 Å². The van der Waals surface area contributed by atoms with Crippen molar-refractivity contribution in [3.63, 3.8) is 0 Å². The standard InChI is InChI=1S/C10H13N3/c1-2-7(11)10-12-8-5-3-4-6-9(8)13-10/h3-7H,2,11H2,1H3,(H,12,13)/t7-/m1/s1. The van der Waals surface area contributed by atoms with Gasteiger partial charge < -0.3 is 10.7 Å². The van der Waals surface area contributed by atoms with Crippen LogP contribution in [0.3, 0.4) is 0 Å². The summed E-state index contributed by atoms with van der Waals surface area (Å²) in [5.41, 5.74) is 7.91. The van der Waals surface area contributed by atoms with Crippen molar-refractivity contribution < 1.29 is 0 Å². The van der Waals surface area contributed by atoms with Gasteiger partial charge in [-0.15, -0.1) is 0 Å². The van der Waals surface area contributed by atoms with Gasteiger partial charge in [-0.3, -0.25) is 0 Å². The maximum atomic E-state index is 5.86. The molecule has 1 aromatic heterocycles. The van der Waals surface area contributed by atoms with Crippen molar-refractivity contribution in [1.82, 2.24) is 9.97 Å². The van der Waals surface area contributed by atoms with Crippen molar-refractivity contribution in [2.24, 2.45) is 5.73 Å². The number of aromatic amines is 1. The number of para-hydroxylation sites is 2. The first-order valence-electron chi connectivity index (χ1n) is 4.51. The number of benzene rings is 1. The normalized spacial score (nSPS) is 13.4. The van der Waals surface area contributed by atoms with Crippen LogP contribution in [0.15, 0.2) is 24.3 Å². The summed E-state index contributed by atoms with van der Waals surface area (Å²) in [6, 6.07) is 7.98. The van der Waals surface area contributed by atoms with E-state index in [2.05, 4.69) is 16.9 Å². The number of hydrogen-bond donors (Lipinski definition) is 2. The number of imidazole rings is 1. The largest absolute Gasteiger partial charge is 0.341 e. The van der Waals surface area contributed by atoms with Crippen LogP contribution in [0.1, 0.15) is 25.2 Å². The maximum absolute atomic E-state index is 5.86. The molecular weight excluding hydrogens is 162 g/mol. The van der Waals surface area contributed by atoms with Gasteiger partial charge in [0.1, 0.15) is 5.82 Å². The lowest BCUT2D eigenvalue weighted by atomic mass is 10.2. The van der Waals surface area contributed by atoms with Gasteiger partial charge in [0.25, 0.3) is 0 Å². The van der Waals surface area contributed by atoms with E-state index in [1.165, 1.54) is 0 Å². The quantitative estimate of drug-likeness (QED) is 0.733. The molecule has 1 atom stereocenters. The molecule has 0 aliphatic carbocycles. The summed E-state index contributed by atoms with van der Waals surface area (Å²) in [4.78, 5) is 7.61. The van der Waals surface area contributed by atoms with Gasteiger partial charge in [-0.05, 0) is 18.6 Å². The van der Waals surface area contributed by atoms with Gasteiger partial charge in [-0.2, -0.15) is 0 Å². The van der Waals surface area contributed by atoms with Gasteiger partial charge in [0.2, 0.25) is 0 Å². The average Bonchev–Trinajstić information content (AvgIpc) is 2.59. The van der Waals surface area contributed by atoms with E-state index in [1.54, 1.807) is 0 Å². The number of hydrogen-bond acceptors (Lipinski definition) is 2. The van der Waals surface area contributed by atoms with Crippen LogP contribution in [-0.2, 0) is 0 Å². The molecule has 0 saturated carbocycles. The highest BCUT2D eigenvalue weighted by atomic mass is 15.0. The Bertz CT molecular complexity index is 372. The van der Waals surface area contributed by atoms with Crippen LogP contribution >= 0.6 is 0 Å². The lowest BCUT2D eigenvalue weighted by Crippen LogP contribution is -2.10. The monoisotopic (exact) mass is 175 g/mol. The molecule has 0 amide bonds. The number of fused-ring (bicyclic) bond motifs is 1. The van der Waals surface area contributed by atoms with E-state index in [-0.39, 0.29) is 6.04 Å². The lowest BCUT2D eigenvalue weighted by molar-refractivity contribution is 0.660. The maximum Gasteiger partial charge on any atom is 0.124 e. The number of nitrogens with two attached hydrogens (primary N) is 1. The molecule has 1 aromatic carbocycles. The Morgan fingerprint density at radius 3 is 2.92 bits per heavy atom. The number of H-pyrrole nitrogens is 1. The van der Waals surface area contributed by atoms with Crippen LogP contribution in [0.25, 0.3) is 11.0 Å². The van der Waals surface area contributed by atoms with Crippen LogP contribution in [0.4, 0.5) is 0 Å². The van der Waals surface area contributed by atoms with E-state index >= 15 is 0 Å². The summed E-state index contributed by atoms with van der Waals surface area (Å²) < 4.78 is 0. The number of nitrogens with zero attached hydrogens (tertiary/aromatic N) is 1. The van der Waals surface area contributed by atoms with Gasteiger partial charge >= 0.3 is 0 Å². The van der Waals surface area contributed by atoms with Crippen LogP contribution in [-0.4, -0.2) is 9.97 Å².